The maximum Gasteiger partial charge on any atom is 0.251 e. The van der Waals surface area contributed by atoms with Crippen LogP contribution >= 0.6 is 0 Å². The van der Waals surface area contributed by atoms with Gasteiger partial charge in [-0.15, -0.1) is 0 Å². The van der Waals surface area contributed by atoms with Crippen LogP contribution in [0.2, 0.25) is 0 Å². The maximum absolute atomic E-state index is 13.6. The third kappa shape index (κ3) is 5.39. The molecule has 2 aromatic carbocycles. The van der Waals surface area contributed by atoms with Gasteiger partial charge in [0.05, 0.1) is 0 Å². The summed E-state index contributed by atoms with van der Waals surface area (Å²) in [7, 11) is 0. The van der Waals surface area contributed by atoms with Gasteiger partial charge < -0.3 is 10.6 Å². The normalized spacial score (nSPS) is 14.6. The van der Waals surface area contributed by atoms with Crippen molar-refractivity contribution in [2.45, 2.75) is 45.2 Å². The van der Waals surface area contributed by atoms with Gasteiger partial charge in [0.15, 0.2) is 0 Å². The highest BCUT2D eigenvalue weighted by molar-refractivity contribution is 5.94. The minimum Gasteiger partial charge on any atom is -0.352 e. The number of rotatable bonds is 6. The number of carbonyl (C=O) groups excluding carboxylic acids is 2. The van der Waals surface area contributed by atoms with Gasteiger partial charge in [0.2, 0.25) is 5.91 Å². The second-order valence-corrected chi connectivity index (χ2v) is 7.02. The Labute approximate surface area is 159 Å². The molecule has 0 unspecified atom stereocenters. The van der Waals surface area contributed by atoms with Crippen LogP contribution in [0.1, 0.15) is 53.6 Å². The maximum atomic E-state index is 13.6. The highest BCUT2D eigenvalue weighted by atomic mass is 19.1. The Morgan fingerprint density at radius 1 is 0.889 bits per heavy atom. The van der Waals surface area contributed by atoms with Crippen molar-refractivity contribution >= 4 is 11.8 Å². The van der Waals surface area contributed by atoms with E-state index in [0.29, 0.717) is 17.7 Å². The molecule has 5 heteroatoms. The highest BCUT2D eigenvalue weighted by Crippen LogP contribution is 2.23. The van der Waals surface area contributed by atoms with E-state index >= 15 is 0 Å². The van der Waals surface area contributed by atoms with Gasteiger partial charge in [-0.2, -0.15) is 0 Å². The third-order valence-electron chi connectivity index (χ3n) is 5.06. The lowest BCUT2D eigenvalue weighted by molar-refractivity contribution is -0.126. The van der Waals surface area contributed by atoms with Crippen LogP contribution in [-0.4, -0.2) is 11.8 Å². The molecule has 0 radical (unpaired) electrons. The predicted octanol–water partition coefficient (Wildman–Crippen LogP) is 3.95. The number of carbonyl (C=O) groups is 2. The van der Waals surface area contributed by atoms with E-state index in [-0.39, 0.29) is 30.1 Å². The van der Waals surface area contributed by atoms with Gasteiger partial charge in [-0.1, -0.05) is 49.6 Å². The van der Waals surface area contributed by atoms with E-state index in [1.165, 1.54) is 12.5 Å². The summed E-state index contributed by atoms with van der Waals surface area (Å²) in [5.74, 6) is -0.318. The Hall–Kier alpha value is -2.69. The summed E-state index contributed by atoms with van der Waals surface area (Å²) in [6.07, 6.45) is 5.45. The van der Waals surface area contributed by atoms with Crippen LogP contribution in [-0.2, 0) is 17.9 Å². The summed E-state index contributed by atoms with van der Waals surface area (Å²) in [5.41, 5.74) is 1.91. The van der Waals surface area contributed by atoms with Crippen LogP contribution in [0.5, 0.6) is 0 Å². The van der Waals surface area contributed by atoms with Crippen molar-refractivity contribution in [1.29, 1.82) is 0 Å². The van der Waals surface area contributed by atoms with E-state index in [4.69, 9.17) is 0 Å². The first-order chi connectivity index (χ1) is 13.1. The molecule has 2 N–H and O–H groups in total. The number of hydrogen-bond acceptors (Lipinski definition) is 2. The first-order valence-electron chi connectivity index (χ1n) is 9.52. The molecule has 0 spiro atoms. The SMILES string of the molecule is O=C(NCc1ccccc1F)c1ccc(CNC(=O)C2CCCCC2)cc1. The van der Waals surface area contributed by atoms with Crippen molar-refractivity contribution in [3.63, 3.8) is 0 Å². The van der Waals surface area contributed by atoms with E-state index in [1.54, 1.807) is 30.3 Å². The summed E-state index contributed by atoms with van der Waals surface area (Å²) in [4.78, 5) is 24.4. The van der Waals surface area contributed by atoms with Crippen molar-refractivity contribution in [2.24, 2.45) is 5.92 Å². The Balaban J connectivity index is 1.48. The molecule has 4 nitrogen and oxygen atoms in total. The van der Waals surface area contributed by atoms with Crippen LogP contribution in [0.25, 0.3) is 0 Å². The highest BCUT2D eigenvalue weighted by Gasteiger charge is 2.20. The zero-order valence-corrected chi connectivity index (χ0v) is 15.3. The first kappa shape index (κ1) is 19.1. The van der Waals surface area contributed by atoms with Gasteiger partial charge in [-0.05, 0) is 36.6 Å². The topological polar surface area (TPSA) is 58.2 Å². The van der Waals surface area contributed by atoms with Crippen LogP contribution in [0, 0.1) is 11.7 Å². The van der Waals surface area contributed by atoms with Crippen molar-refractivity contribution in [3.05, 3.63) is 71.0 Å². The van der Waals surface area contributed by atoms with Crippen molar-refractivity contribution < 1.29 is 14.0 Å². The standard InChI is InChI=1S/C22H25FN2O2/c23-20-9-5-4-8-19(20)15-25-22(27)18-12-10-16(11-13-18)14-24-21(26)17-6-2-1-3-7-17/h4-5,8-13,17H,1-3,6-7,14-15H2,(H,24,26)(H,25,27). The molecule has 2 aromatic rings. The van der Waals surface area contributed by atoms with E-state index < -0.39 is 0 Å². The zero-order chi connectivity index (χ0) is 19.1. The van der Waals surface area contributed by atoms with Crippen molar-refractivity contribution in [1.82, 2.24) is 10.6 Å². The van der Waals surface area contributed by atoms with E-state index in [2.05, 4.69) is 10.6 Å². The molecule has 1 fully saturated rings. The van der Waals surface area contributed by atoms with Crippen LogP contribution in [0.4, 0.5) is 4.39 Å². The number of nitrogens with one attached hydrogen (secondary N) is 2. The molecule has 27 heavy (non-hydrogen) atoms. The molecule has 0 aliphatic heterocycles. The molecule has 0 atom stereocenters. The summed E-state index contributed by atoms with van der Waals surface area (Å²) in [5, 5.41) is 5.71. The summed E-state index contributed by atoms with van der Waals surface area (Å²) < 4.78 is 13.6. The molecule has 0 saturated heterocycles. The first-order valence-corrected chi connectivity index (χ1v) is 9.52. The van der Waals surface area contributed by atoms with E-state index in [1.807, 2.05) is 12.1 Å². The summed E-state index contributed by atoms with van der Waals surface area (Å²) >= 11 is 0. The second kappa shape index (κ2) is 9.31. The molecule has 1 aliphatic rings. The minimum absolute atomic E-state index is 0.126. The minimum atomic E-state index is -0.332. The Morgan fingerprint density at radius 2 is 1.59 bits per heavy atom. The van der Waals surface area contributed by atoms with Gasteiger partial charge in [-0.25, -0.2) is 4.39 Å². The summed E-state index contributed by atoms with van der Waals surface area (Å²) in [6.45, 7) is 0.608. The quantitative estimate of drug-likeness (QED) is 0.811. The summed E-state index contributed by atoms with van der Waals surface area (Å²) in [6, 6.07) is 13.5. The van der Waals surface area contributed by atoms with Gasteiger partial charge in [0.1, 0.15) is 5.82 Å². The molecule has 1 aliphatic carbocycles. The fraction of sp³-hybridized carbons (Fsp3) is 0.364. The number of hydrogen-bond donors (Lipinski definition) is 2. The molecule has 0 bridgehead atoms. The lowest BCUT2D eigenvalue weighted by atomic mass is 9.88. The molecule has 0 aromatic heterocycles. The lowest BCUT2D eigenvalue weighted by Crippen LogP contribution is -2.31. The Morgan fingerprint density at radius 3 is 2.30 bits per heavy atom. The molecule has 3 rings (SSSR count). The lowest BCUT2D eigenvalue weighted by Gasteiger charge is -2.20. The third-order valence-corrected chi connectivity index (χ3v) is 5.06. The molecule has 142 valence electrons. The number of benzene rings is 2. The smallest absolute Gasteiger partial charge is 0.251 e. The number of amides is 2. The van der Waals surface area contributed by atoms with Crippen LogP contribution in [0.3, 0.4) is 0 Å². The fourth-order valence-electron chi connectivity index (χ4n) is 3.39. The molecular formula is C22H25FN2O2. The average molecular weight is 368 g/mol. The predicted molar refractivity (Wildman–Crippen MR) is 102 cm³/mol. The van der Waals surface area contributed by atoms with Gasteiger partial charge in [0.25, 0.3) is 5.91 Å². The van der Waals surface area contributed by atoms with E-state index in [0.717, 1.165) is 31.2 Å². The van der Waals surface area contributed by atoms with Crippen LogP contribution in [0.15, 0.2) is 48.5 Å². The zero-order valence-electron chi connectivity index (χ0n) is 15.3. The average Bonchev–Trinajstić information content (AvgIpc) is 2.72. The second-order valence-electron chi connectivity index (χ2n) is 7.02. The van der Waals surface area contributed by atoms with Gasteiger partial charge in [0, 0.05) is 30.1 Å². The van der Waals surface area contributed by atoms with Gasteiger partial charge >= 0.3 is 0 Å². The number of halogens is 1. The molecule has 2 amide bonds. The van der Waals surface area contributed by atoms with Gasteiger partial charge in [-0.3, -0.25) is 9.59 Å². The Bertz CT molecular complexity index is 783. The van der Waals surface area contributed by atoms with E-state index in [9.17, 15) is 14.0 Å². The van der Waals surface area contributed by atoms with Crippen molar-refractivity contribution in [3.8, 4) is 0 Å². The fourth-order valence-corrected chi connectivity index (χ4v) is 3.39. The molecule has 0 heterocycles. The molecule has 1 saturated carbocycles. The molecular weight excluding hydrogens is 343 g/mol. The van der Waals surface area contributed by atoms with Crippen molar-refractivity contribution in [2.75, 3.05) is 0 Å². The Kier molecular flexibility index (Phi) is 6.58. The largest absolute Gasteiger partial charge is 0.352 e. The monoisotopic (exact) mass is 368 g/mol. The van der Waals surface area contributed by atoms with Crippen LogP contribution < -0.4 is 10.6 Å².